The van der Waals surface area contributed by atoms with Crippen molar-refractivity contribution in [2.45, 2.75) is 57.8 Å². The third kappa shape index (κ3) is 7.15. The first kappa shape index (κ1) is 23.9. The Morgan fingerprint density at radius 3 is 2.71 bits per heavy atom. The zero-order valence-corrected chi connectivity index (χ0v) is 20.9. The molecule has 0 saturated carbocycles. The van der Waals surface area contributed by atoms with E-state index in [4.69, 9.17) is 9.47 Å². The van der Waals surface area contributed by atoms with Crippen LogP contribution in [0.25, 0.3) is 0 Å². The van der Waals surface area contributed by atoms with E-state index in [2.05, 4.69) is 56.3 Å². The Balaban J connectivity index is 0.00000280. The molecule has 5 nitrogen and oxygen atoms in total. The highest BCUT2D eigenvalue weighted by molar-refractivity contribution is 14.0. The minimum atomic E-state index is 0. The van der Waals surface area contributed by atoms with Crippen LogP contribution in [0.5, 0.6) is 0 Å². The fourth-order valence-electron chi connectivity index (χ4n) is 3.78. The van der Waals surface area contributed by atoms with Crippen LogP contribution in [0.1, 0.15) is 43.2 Å². The SMILES string of the molecule is CN=C(NCc1ccc(Br)cc1C)N1CCC(OCC2CCCCO2)CC1.I. The van der Waals surface area contributed by atoms with E-state index in [1.165, 1.54) is 24.0 Å². The summed E-state index contributed by atoms with van der Waals surface area (Å²) in [6, 6.07) is 6.40. The number of nitrogens with one attached hydrogen (secondary N) is 1. The second-order valence-electron chi connectivity index (χ2n) is 7.48. The number of ether oxygens (including phenoxy) is 2. The predicted molar refractivity (Wildman–Crippen MR) is 129 cm³/mol. The molecular weight excluding hydrogens is 533 g/mol. The van der Waals surface area contributed by atoms with Crippen molar-refractivity contribution in [1.29, 1.82) is 0 Å². The molecule has 2 aliphatic heterocycles. The average molecular weight is 566 g/mol. The van der Waals surface area contributed by atoms with E-state index in [9.17, 15) is 0 Å². The number of aryl methyl sites for hydroxylation is 1. The van der Waals surface area contributed by atoms with Crippen LogP contribution >= 0.6 is 39.9 Å². The zero-order valence-electron chi connectivity index (χ0n) is 17.0. The van der Waals surface area contributed by atoms with Crippen LogP contribution in [0.15, 0.2) is 27.7 Å². The first-order valence-corrected chi connectivity index (χ1v) is 10.9. The smallest absolute Gasteiger partial charge is 0.193 e. The molecule has 0 spiro atoms. The molecule has 1 atom stereocenters. The molecule has 1 N–H and O–H groups in total. The Morgan fingerprint density at radius 2 is 2.07 bits per heavy atom. The molecule has 2 saturated heterocycles. The highest BCUT2D eigenvalue weighted by Crippen LogP contribution is 2.19. The van der Waals surface area contributed by atoms with Crippen molar-refractivity contribution in [2.24, 2.45) is 4.99 Å². The Bertz CT molecular complexity index is 630. The number of hydrogen-bond donors (Lipinski definition) is 1. The minimum Gasteiger partial charge on any atom is -0.376 e. The topological polar surface area (TPSA) is 46.1 Å². The fraction of sp³-hybridized carbons (Fsp3) is 0.667. The predicted octanol–water partition coefficient (Wildman–Crippen LogP) is 4.50. The first-order valence-electron chi connectivity index (χ1n) is 10.1. The van der Waals surface area contributed by atoms with Crippen molar-refractivity contribution in [3.63, 3.8) is 0 Å². The minimum absolute atomic E-state index is 0. The van der Waals surface area contributed by atoms with Gasteiger partial charge in [-0.15, -0.1) is 24.0 Å². The van der Waals surface area contributed by atoms with E-state index in [1.807, 2.05) is 7.05 Å². The number of likely N-dealkylation sites (tertiary alicyclic amines) is 1. The summed E-state index contributed by atoms with van der Waals surface area (Å²) < 4.78 is 13.0. The van der Waals surface area contributed by atoms with Gasteiger partial charge in [0.15, 0.2) is 5.96 Å². The number of aliphatic imine (C=N–C) groups is 1. The third-order valence-electron chi connectivity index (χ3n) is 5.49. The van der Waals surface area contributed by atoms with E-state index >= 15 is 0 Å². The zero-order chi connectivity index (χ0) is 19.1. The molecule has 2 aliphatic rings. The van der Waals surface area contributed by atoms with Crippen molar-refractivity contribution in [3.05, 3.63) is 33.8 Å². The molecule has 0 aliphatic carbocycles. The van der Waals surface area contributed by atoms with Crippen LogP contribution in [-0.4, -0.2) is 56.4 Å². The summed E-state index contributed by atoms with van der Waals surface area (Å²) in [6.45, 7) is 6.54. The summed E-state index contributed by atoms with van der Waals surface area (Å²) in [5, 5.41) is 3.51. The van der Waals surface area contributed by atoms with Gasteiger partial charge < -0.3 is 19.7 Å². The summed E-state index contributed by atoms with van der Waals surface area (Å²) in [5.41, 5.74) is 2.58. The Hall–Kier alpha value is -0.380. The second kappa shape index (κ2) is 12.3. The highest BCUT2D eigenvalue weighted by atomic mass is 127. The van der Waals surface area contributed by atoms with Gasteiger partial charge in [-0.2, -0.15) is 0 Å². The van der Waals surface area contributed by atoms with Gasteiger partial charge in [0.25, 0.3) is 0 Å². The number of hydrogen-bond acceptors (Lipinski definition) is 3. The maximum absolute atomic E-state index is 6.12. The largest absolute Gasteiger partial charge is 0.376 e. The number of benzene rings is 1. The van der Waals surface area contributed by atoms with Gasteiger partial charge in [-0.3, -0.25) is 4.99 Å². The summed E-state index contributed by atoms with van der Waals surface area (Å²) >= 11 is 3.52. The van der Waals surface area contributed by atoms with Crippen LogP contribution in [0.4, 0.5) is 0 Å². The molecule has 1 unspecified atom stereocenters. The molecule has 1 aromatic rings. The molecule has 158 valence electrons. The quantitative estimate of drug-likeness (QED) is 0.324. The molecule has 3 rings (SSSR count). The van der Waals surface area contributed by atoms with Crippen molar-refractivity contribution in [2.75, 3.05) is 33.4 Å². The highest BCUT2D eigenvalue weighted by Gasteiger charge is 2.23. The van der Waals surface area contributed by atoms with Gasteiger partial charge in [0.2, 0.25) is 0 Å². The van der Waals surface area contributed by atoms with E-state index in [-0.39, 0.29) is 24.0 Å². The standard InChI is InChI=1S/C21H32BrN3O2.HI/c1-16-13-18(22)7-6-17(16)14-24-21(23-2)25-10-8-19(9-11-25)27-15-20-5-3-4-12-26-20;/h6-7,13,19-20H,3-5,8-12,14-15H2,1-2H3,(H,23,24);1H. The van der Waals surface area contributed by atoms with Gasteiger partial charge in [-0.25, -0.2) is 0 Å². The molecule has 7 heteroatoms. The monoisotopic (exact) mass is 565 g/mol. The van der Waals surface area contributed by atoms with Gasteiger partial charge in [0.1, 0.15) is 0 Å². The lowest BCUT2D eigenvalue weighted by Gasteiger charge is -2.35. The van der Waals surface area contributed by atoms with Crippen LogP contribution in [0, 0.1) is 6.92 Å². The van der Waals surface area contributed by atoms with Crippen LogP contribution in [-0.2, 0) is 16.0 Å². The van der Waals surface area contributed by atoms with Crippen LogP contribution < -0.4 is 5.32 Å². The molecule has 28 heavy (non-hydrogen) atoms. The molecule has 0 bridgehead atoms. The molecular formula is C21H33BrIN3O2. The number of piperidine rings is 1. The Labute approximate surface area is 194 Å². The maximum Gasteiger partial charge on any atom is 0.193 e. The van der Waals surface area contributed by atoms with Gasteiger partial charge in [-0.1, -0.05) is 22.0 Å². The van der Waals surface area contributed by atoms with Gasteiger partial charge in [0.05, 0.1) is 18.8 Å². The normalized spacial score (nSPS) is 21.3. The van der Waals surface area contributed by atoms with E-state index in [1.54, 1.807) is 0 Å². The van der Waals surface area contributed by atoms with Crippen molar-refractivity contribution in [3.8, 4) is 0 Å². The van der Waals surface area contributed by atoms with Gasteiger partial charge >= 0.3 is 0 Å². The molecule has 2 heterocycles. The first-order chi connectivity index (χ1) is 13.2. The second-order valence-corrected chi connectivity index (χ2v) is 8.40. The van der Waals surface area contributed by atoms with Gasteiger partial charge in [-0.05, 0) is 62.3 Å². The summed E-state index contributed by atoms with van der Waals surface area (Å²) in [5.74, 6) is 0.978. The lowest BCUT2D eigenvalue weighted by Crippen LogP contribution is -2.47. The van der Waals surface area contributed by atoms with Crippen molar-refractivity contribution < 1.29 is 9.47 Å². The van der Waals surface area contributed by atoms with E-state index in [0.29, 0.717) is 12.2 Å². The van der Waals surface area contributed by atoms with Crippen molar-refractivity contribution >= 4 is 45.9 Å². The number of guanidine groups is 1. The van der Waals surface area contributed by atoms with Crippen LogP contribution in [0.2, 0.25) is 0 Å². The number of rotatable bonds is 5. The van der Waals surface area contributed by atoms with E-state index < -0.39 is 0 Å². The van der Waals surface area contributed by atoms with Crippen molar-refractivity contribution in [1.82, 2.24) is 10.2 Å². The third-order valence-corrected chi connectivity index (χ3v) is 5.98. The number of halogens is 2. The molecule has 1 aromatic carbocycles. The average Bonchev–Trinajstić information content (AvgIpc) is 2.70. The van der Waals surface area contributed by atoms with E-state index in [0.717, 1.165) is 62.5 Å². The molecule has 0 amide bonds. The maximum atomic E-state index is 6.12. The summed E-state index contributed by atoms with van der Waals surface area (Å²) in [6.07, 6.45) is 6.35. The molecule has 2 fully saturated rings. The molecule has 0 radical (unpaired) electrons. The lowest BCUT2D eigenvalue weighted by molar-refractivity contribution is -0.0721. The molecule has 0 aromatic heterocycles. The van der Waals surface area contributed by atoms with Crippen LogP contribution in [0.3, 0.4) is 0 Å². The Kier molecular flexibility index (Phi) is 10.5. The van der Waals surface area contributed by atoms with Gasteiger partial charge in [0, 0.05) is 37.8 Å². The Morgan fingerprint density at radius 1 is 1.29 bits per heavy atom. The lowest BCUT2D eigenvalue weighted by atomic mass is 10.1. The number of nitrogens with zero attached hydrogens (tertiary/aromatic N) is 2. The summed E-state index contributed by atoms with van der Waals surface area (Å²) in [4.78, 5) is 6.82. The summed E-state index contributed by atoms with van der Waals surface area (Å²) in [7, 11) is 1.86. The fourth-order valence-corrected chi connectivity index (χ4v) is 4.26.